The lowest BCUT2D eigenvalue weighted by Crippen LogP contribution is -2.30. The molecule has 0 saturated heterocycles. The molecule has 0 aliphatic rings. The molecule has 1 amide bonds. The van der Waals surface area contributed by atoms with E-state index >= 15 is 0 Å². The van der Waals surface area contributed by atoms with Crippen LogP contribution < -0.4 is 14.2 Å². The van der Waals surface area contributed by atoms with Gasteiger partial charge < -0.3 is 23.8 Å². The molecule has 2 rings (SSSR count). The van der Waals surface area contributed by atoms with Gasteiger partial charge in [0.15, 0.2) is 18.1 Å². The minimum Gasteiger partial charge on any atom is -0.493 e. The Hall–Kier alpha value is -2.74. The number of carbonyl (C=O) groups excluding carboxylic acids is 2. The first kappa shape index (κ1) is 20.6. The number of methoxy groups -OCH3 is 3. The van der Waals surface area contributed by atoms with Crippen LogP contribution >= 0.6 is 11.3 Å². The van der Waals surface area contributed by atoms with Crippen molar-refractivity contribution in [3.05, 3.63) is 40.1 Å². The highest BCUT2D eigenvalue weighted by Crippen LogP contribution is 2.38. The molecule has 7 nitrogen and oxygen atoms in total. The molecule has 8 heteroatoms. The molecule has 27 heavy (non-hydrogen) atoms. The monoisotopic (exact) mass is 393 g/mol. The molecular weight excluding hydrogens is 370 g/mol. The number of amides is 1. The number of hydrogen-bond acceptors (Lipinski definition) is 7. The van der Waals surface area contributed by atoms with Crippen LogP contribution in [0.2, 0.25) is 0 Å². The van der Waals surface area contributed by atoms with Crippen LogP contribution in [0.5, 0.6) is 17.2 Å². The number of hydrogen-bond donors (Lipinski definition) is 0. The number of carbonyl (C=O) groups is 2. The molecule has 0 bridgehead atoms. The van der Waals surface area contributed by atoms with Crippen molar-refractivity contribution < 1.29 is 28.5 Å². The maximum atomic E-state index is 12.1. The van der Waals surface area contributed by atoms with Crippen LogP contribution in [-0.2, 0) is 27.3 Å². The zero-order chi connectivity index (χ0) is 19.8. The van der Waals surface area contributed by atoms with Gasteiger partial charge in [0.05, 0.1) is 27.8 Å². The van der Waals surface area contributed by atoms with Gasteiger partial charge in [0.25, 0.3) is 5.91 Å². The number of benzene rings is 1. The molecule has 0 N–H and O–H groups in total. The Kier molecular flexibility index (Phi) is 7.48. The molecule has 2 aromatic rings. The average Bonchev–Trinajstić information content (AvgIpc) is 3.18. The van der Waals surface area contributed by atoms with Crippen molar-refractivity contribution in [2.24, 2.45) is 0 Å². The Bertz CT molecular complexity index is 750. The summed E-state index contributed by atoms with van der Waals surface area (Å²) >= 11 is 1.57. The van der Waals surface area contributed by atoms with E-state index in [1.807, 2.05) is 16.8 Å². The second kappa shape index (κ2) is 9.82. The van der Waals surface area contributed by atoms with E-state index in [9.17, 15) is 9.59 Å². The van der Waals surface area contributed by atoms with Crippen molar-refractivity contribution in [2.75, 3.05) is 35.0 Å². The molecule has 0 spiro atoms. The average molecular weight is 393 g/mol. The summed E-state index contributed by atoms with van der Waals surface area (Å²) in [5.74, 6) is 0.570. The van der Waals surface area contributed by atoms with Crippen LogP contribution in [0, 0.1) is 0 Å². The van der Waals surface area contributed by atoms with Gasteiger partial charge >= 0.3 is 5.97 Å². The second-order valence-electron chi connectivity index (χ2n) is 5.75. The number of ether oxygens (including phenoxy) is 4. The fourth-order valence-electron chi connectivity index (χ4n) is 2.45. The lowest BCUT2D eigenvalue weighted by Gasteiger charge is -2.16. The van der Waals surface area contributed by atoms with Crippen molar-refractivity contribution in [1.29, 1.82) is 0 Å². The fraction of sp³-hybridized carbons (Fsp3) is 0.368. The second-order valence-corrected chi connectivity index (χ2v) is 6.53. The van der Waals surface area contributed by atoms with Gasteiger partial charge in [-0.1, -0.05) is 0 Å². The third kappa shape index (κ3) is 5.62. The molecule has 0 saturated carbocycles. The number of esters is 1. The van der Waals surface area contributed by atoms with E-state index in [-0.39, 0.29) is 18.9 Å². The molecule has 0 aliphatic heterocycles. The smallest absolute Gasteiger partial charge is 0.310 e. The van der Waals surface area contributed by atoms with Crippen molar-refractivity contribution in [3.8, 4) is 17.2 Å². The van der Waals surface area contributed by atoms with Gasteiger partial charge in [-0.25, -0.2) is 0 Å². The van der Waals surface area contributed by atoms with Gasteiger partial charge in [-0.3, -0.25) is 9.59 Å². The van der Waals surface area contributed by atoms with E-state index in [1.54, 1.807) is 30.5 Å². The molecule has 1 aromatic heterocycles. The summed E-state index contributed by atoms with van der Waals surface area (Å²) in [6, 6.07) is 5.30. The van der Waals surface area contributed by atoms with E-state index in [0.717, 1.165) is 5.56 Å². The predicted octanol–water partition coefficient (Wildman–Crippen LogP) is 2.52. The maximum Gasteiger partial charge on any atom is 0.310 e. The highest BCUT2D eigenvalue weighted by atomic mass is 32.1. The normalized spacial score (nSPS) is 10.2. The Balaban J connectivity index is 1.92. The van der Waals surface area contributed by atoms with E-state index < -0.39 is 5.97 Å². The molecule has 0 radical (unpaired) electrons. The maximum absolute atomic E-state index is 12.1. The number of rotatable bonds is 9. The number of thiophene rings is 1. The summed E-state index contributed by atoms with van der Waals surface area (Å²) in [7, 11) is 6.18. The molecule has 1 aromatic carbocycles. The molecule has 0 fully saturated rings. The SMILES string of the molecule is COc1cc(CC(=O)OCC(=O)N(C)Cc2ccsc2)cc(OC)c1OC. The van der Waals surface area contributed by atoms with Crippen molar-refractivity contribution in [3.63, 3.8) is 0 Å². The fourth-order valence-corrected chi connectivity index (χ4v) is 3.11. The summed E-state index contributed by atoms with van der Waals surface area (Å²) in [6.07, 6.45) is -0.0156. The molecule has 0 aliphatic carbocycles. The van der Waals surface area contributed by atoms with Crippen molar-refractivity contribution in [1.82, 2.24) is 4.90 Å². The number of nitrogens with zero attached hydrogens (tertiary/aromatic N) is 1. The predicted molar refractivity (Wildman–Crippen MR) is 102 cm³/mol. The summed E-state index contributed by atoms with van der Waals surface area (Å²) < 4.78 is 20.9. The van der Waals surface area contributed by atoms with Gasteiger partial charge in [-0.05, 0) is 40.1 Å². The minimum absolute atomic E-state index is 0.0156. The Morgan fingerprint density at radius 2 is 1.70 bits per heavy atom. The Labute approximate surface area is 162 Å². The quantitative estimate of drug-likeness (QED) is 0.610. The van der Waals surface area contributed by atoms with Crippen molar-refractivity contribution in [2.45, 2.75) is 13.0 Å². The van der Waals surface area contributed by atoms with Crippen LogP contribution in [0.3, 0.4) is 0 Å². The lowest BCUT2D eigenvalue weighted by molar-refractivity contribution is -0.151. The van der Waals surface area contributed by atoms with E-state index in [1.165, 1.54) is 26.2 Å². The van der Waals surface area contributed by atoms with Gasteiger partial charge in [0, 0.05) is 13.6 Å². The van der Waals surface area contributed by atoms with E-state index in [4.69, 9.17) is 18.9 Å². The highest BCUT2D eigenvalue weighted by Gasteiger charge is 2.17. The largest absolute Gasteiger partial charge is 0.493 e. The lowest BCUT2D eigenvalue weighted by atomic mass is 10.1. The molecule has 1 heterocycles. The zero-order valence-electron chi connectivity index (χ0n) is 15.8. The number of likely N-dealkylation sites (N-methyl/N-ethyl adjacent to an activating group) is 1. The molecular formula is C19H23NO6S. The van der Waals surface area contributed by atoms with E-state index in [0.29, 0.717) is 29.4 Å². The summed E-state index contributed by atoms with van der Waals surface area (Å²) in [5.41, 5.74) is 1.67. The first-order valence-corrected chi connectivity index (χ1v) is 9.12. The molecule has 0 unspecified atom stereocenters. The summed E-state index contributed by atoms with van der Waals surface area (Å²) in [5, 5.41) is 3.92. The van der Waals surface area contributed by atoms with Crippen LogP contribution in [-0.4, -0.2) is 51.8 Å². The molecule has 0 atom stereocenters. The van der Waals surface area contributed by atoms with Crippen LogP contribution in [0.15, 0.2) is 29.0 Å². The molecule has 146 valence electrons. The van der Waals surface area contributed by atoms with Gasteiger partial charge in [-0.2, -0.15) is 11.3 Å². The Morgan fingerprint density at radius 3 is 2.22 bits per heavy atom. The van der Waals surface area contributed by atoms with Gasteiger partial charge in [-0.15, -0.1) is 0 Å². The third-order valence-corrected chi connectivity index (χ3v) is 4.59. The minimum atomic E-state index is -0.512. The topological polar surface area (TPSA) is 74.3 Å². The van der Waals surface area contributed by atoms with Crippen LogP contribution in [0.1, 0.15) is 11.1 Å². The Morgan fingerprint density at radius 1 is 1.04 bits per heavy atom. The van der Waals surface area contributed by atoms with Gasteiger partial charge in [0.1, 0.15) is 0 Å². The standard InChI is InChI=1S/C19H23NO6S/c1-20(10-13-5-6-27-12-13)17(21)11-26-18(22)9-14-7-15(23-2)19(25-4)16(8-14)24-3/h5-8,12H,9-11H2,1-4H3. The first-order chi connectivity index (χ1) is 13.0. The zero-order valence-corrected chi connectivity index (χ0v) is 16.6. The third-order valence-electron chi connectivity index (χ3n) is 3.86. The van der Waals surface area contributed by atoms with Gasteiger partial charge in [0.2, 0.25) is 5.75 Å². The summed E-state index contributed by atoms with van der Waals surface area (Å²) in [6.45, 7) is 0.177. The summed E-state index contributed by atoms with van der Waals surface area (Å²) in [4.78, 5) is 25.7. The highest BCUT2D eigenvalue weighted by molar-refractivity contribution is 7.07. The van der Waals surface area contributed by atoms with Crippen LogP contribution in [0.25, 0.3) is 0 Å². The van der Waals surface area contributed by atoms with Crippen LogP contribution in [0.4, 0.5) is 0 Å². The first-order valence-electron chi connectivity index (χ1n) is 8.18. The van der Waals surface area contributed by atoms with Crippen molar-refractivity contribution >= 4 is 23.2 Å². The van der Waals surface area contributed by atoms with E-state index in [2.05, 4.69) is 0 Å².